The quantitative estimate of drug-likeness (QED) is 0.690. The fourth-order valence-electron chi connectivity index (χ4n) is 3.34. The molecule has 0 aliphatic heterocycles. The van der Waals surface area contributed by atoms with Crippen LogP contribution in [-0.2, 0) is 17.8 Å². The Kier molecular flexibility index (Phi) is 5.41. The van der Waals surface area contributed by atoms with Crippen LogP contribution in [0.1, 0.15) is 57.5 Å². The number of carbonyl (C=O) groups excluding carboxylic acids is 1. The number of hydrogen-bond donors (Lipinski definition) is 2. The Hall–Kier alpha value is -2.70. The predicted octanol–water partition coefficient (Wildman–Crippen LogP) is 3.86. The van der Waals surface area contributed by atoms with E-state index in [-0.39, 0.29) is 11.8 Å². The van der Waals surface area contributed by atoms with Gasteiger partial charge in [-0.2, -0.15) is 0 Å². The number of carbonyl (C=O) groups is 1. The lowest BCUT2D eigenvalue weighted by atomic mass is 10.1. The lowest BCUT2D eigenvalue weighted by Gasteiger charge is -2.06. The summed E-state index contributed by atoms with van der Waals surface area (Å²) in [4.78, 5) is 25.0. The molecule has 2 N–H and O–H groups in total. The second-order valence-electron chi connectivity index (χ2n) is 7.65. The van der Waals surface area contributed by atoms with Gasteiger partial charge in [-0.15, -0.1) is 0 Å². The molecule has 1 amide bonds. The number of anilines is 2. The number of nitrogens with zero attached hydrogens (tertiary/aromatic N) is 4. The maximum atomic E-state index is 11.9. The number of hydrogen-bond acceptors (Lipinski definition) is 5. The number of aromatic nitrogens is 4. The lowest BCUT2D eigenvalue weighted by Crippen LogP contribution is -2.14. The van der Waals surface area contributed by atoms with Crippen LogP contribution in [0.5, 0.6) is 0 Å². The summed E-state index contributed by atoms with van der Waals surface area (Å²) in [5, 5.41) is 6.14. The van der Waals surface area contributed by atoms with Crippen LogP contribution in [0, 0.1) is 11.8 Å². The van der Waals surface area contributed by atoms with Crippen LogP contribution < -0.4 is 10.6 Å². The van der Waals surface area contributed by atoms with Crippen LogP contribution in [0.4, 0.5) is 11.6 Å². The molecule has 4 rings (SSSR count). The van der Waals surface area contributed by atoms with E-state index in [0.717, 1.165) is 43.1 Å². The Morgan fingerprint density at radius 2 is 1.93 bits per heavy atom. The maximum Gasteiger partial charge on any atom is 0.228 e. The zero-order valence-corrected chi connectivity index (χ0v) is 16.6. The molecule has 0 aromatic carbocycles. The van der Waals surface area contributed by atoms with Crippen LogP contribution in [0.15, 0.2) is 24.2 Å². The number of rotatable bonds is 9. The van der Waals surface area contributed by atoms with Gasteiger partial charge in [0.25, 0.3) is 0 Å². The summed E-state index contributed by atoms with van der Waals surface area (Å²) >= 11 is 0. The molecule has 28 heavy (non-hydrogen) atoms. The SMILES string of the molecule is CC/C(=C\n1cc(CNc2cc(NC(=O)C3CC3)ncn2)nc1CC)C1CC1. The normalized spacial score (nSPS) is 16.9. The molecule has 2 aromatic rings. The third kappa shape index (κ3) is 4.58. The van der Waals surface area contributed by atoms with Crippen LogP contribution in [0.2, 0.25) is 0 Å². The minimum absolute atomic E-state index is 0.0464. The number of nitrogens with one attached hydrogen (secondary N) is 2. The Labute approximate surface area is 165 Å². The van der Waals surface area contributed by atoms with Gasteiger partial charge in [-0.1, -0.05) is 19.4 Å². The van der Waals surface area contributed by atoms with E-state index in [1.807, 2.05) is 0 Å². The summed E-state index contributed by atoms with van der Waals surface area (Å²) < 4.78 is 2.18. The van der Waals surface area contributed by atoms with Crippen molar-refractivity contribution in [2.75, 3.05) is 10.6 Å². The Morgan fingerprint density at radius 1 is 1.18 bits per heavy atom. The smallest absolute Gasteiger partial charge is 0.228 e. The first-order valence-corrected chi connectivity index (χ1v) is 10.3. The van der Waals surface area contributed by atoms with Crippen molar-refractivity contribution in [2.45, 2.75) is 58.9 Å². The van der Waals surface area contributed by atoms with Gasteiger partial charge >= 0.3 is 0 Å². The first-order chi connectivity index (χ1) is 13.7. The van der Waals surface area contributed by atoms with Gasteiger partial charge in [0.2, 0.25) is 5.91 Å². The molecule has 0 spiro atoms. The van der Waals surface area contributed by atoms with Crippen molar-refractivity contribution in [2.24, 2.45) is 11.8 Å². The van der Waals surface area contributed by atoms with Crippen molar-refractivity contribution in [1.82, 2.24) is 19.5 Å². The van der Waals surface area contributed by atoms with Crippen molar-refractivity contribution >= 4 is 23.7 Å². The molecule has 0 atom stereocenters. The predicted molar refractivity (Wildman–Crippen MR) is 110 cm³/mol. The zero-order valence-electron chi connectivity index (χ0n) is 16.6. The van der Waals surface area contributed by atoms with E-state index < -0.39 is 0 Å². The fourth-order valence-corrected chi connectivity index (χ4v) is 3.34. The summed E-state index contributed by atoms with van der Waals surface area (Å²) in [5.74, 6) is 3.25. The largest absolute Gasteiger partial charge is 0.364 e. The molecule has 2 heterocycles. The third-order valence-electron chi connectivity index (χ3n) is 5.31. The van der Waals surface area contributed by atoms with Crippen LogP contribution >= 0.6 is 0 Å². The van der Waals surface area contributed by atoms with Crippen LogP contribution in [-0.4, -0.2) is 25.4 Å². The Bertz CT molecular complexity index is 879. The Balaban J connectivity index is 1.41. The molecular formula is C21H28N6O. The average Bonchev–Trinajstić information content (AvgIpc) is 3.61. The average molecular weight is 380 g/mol. The first kappa shape index (κ1) is 18.7. The molecule has 0 bridgehead atoms. The maximum absolute atomic E-state index is 11.9. The molecule has 2 saturated carbocycles. The van der Waals surface area contributed by atoms with Gasteiger partial charge in [-0.25, -0.2) is 15.0 Å². The Morgan fingerprint density at radius 3 is 2.61 bits per heavy atom. The van der Waals surface area contributed by atoms with Crippen molar-refractivity contribution < 1.29 is 4.79 Å². The molecule has 7 nitrogen and oxygen atoms in total. The van der Waals surface area contributed by atoms with E-state index in [9.17, 15) is 4.79 Å². The summed E-state index contributed by atoms with van der Waals surface area (Å²) in [6.07, 6.45) is 12.4. The molecule has 0 radical (unpaired) electrons. The van der Waals surface area contributed by atoms with Crippen molar-refractivity contribution in [1.29, 1.82) is 0 Å². The topological polar surface area (TPSA) is 84.7 Å². The molecule has 7 heteroatoms. The van der Waals surface area contributed by atoms with Crippen LogP contribution in [0.25, 0.3) is 6.20 Å². The summed E-state index contributed by atoms with van der Waals surface area (Å²) in [5.41, 5.74) is 2.49. The van der Waals surface area contributed by atoms with Gasteiger partial charge in [0, 0.05) is 30.8 Å². The third-order valence-corrected chi connectivity index (χ3v) is 5.31. The molecule has 0 saturated heterocycles. The summed E-state index contributed by atoms with van der Waals surface area (Å²) in [6.45, 7) is 4.93. The van der Waals surface area contributed by atoms with Gasteiger partial charge in [0.15, 0.2) is 0 Å². The lowest BCUT2D eigenvalue weighted by molar-refractivity contribution is -0.117. The summed E-state index contributed by atoms with van der Waals surface area (Å²) in [6, 6.07) is 1.76. The number of allylic oxidation sites excluding steroid dienone is 1. The van der Waals surface area contributed by atoms with Crippen LogP contribution in [0.3, 0.4) is 0 Å². The van der Waals surface area contributed by atoms with Crippen molar-refractivity contribution in [3.63, 3.8) is 0 Å². The second kappa shape index (κ2) is 8.12. The van der Waals surface area contributed by atoms with Gasteiger partial charge in [0.1, 0.15) is 23.8 Å². The highest BCUT2D eigenvalue weighted by atomic mass is 16.2. The van der Waals surface area contributed by atoms with Crippen molar-refractivity contribution in [3.8, 4) is 0 Å². The minimum atomic E-state index is 0.0464. The first-order valence-electron chi connectivity index (χ1n) is 10.3. The van der Waals surface area contributed by atoms with Gasteiger partial charge < -0.3 is 15.2 Å². The van der Waals surface area contributed by atoms with Gasteiger partial charge in [-0.3, -0.25) is 4.79 Å². The molecule has 2 aliphatic rings. The van der Waals surface area contributed by atoms with E-state index in [4.69, 9.17) is 4.98 Å². The second-order valence-corrected chi connectivity index (χ2v) is 7.65. The van der Waals surface area contributed by atoms with E-state index in [1.165, 1.54) is 24.7 Å². The zero-order chi connectivity index (χ0) is 19.5. The summed E-state index contributed by atoms with van der Waals surface area (Å²) in [7, 11) is 0. The molecule has 2 aliphatic carbocycles. The highest BCUT2D eigenvalue weighted by Crippen LogP contribution is 2.38. The van der Waals surface area contributed by atoms with Crippen molar-refractivity contribution in [3.05, 3.63) is 35.7 Å². The van der Waals surface area contributed by atoms with Gasteiger partial charge in [-0.05, 0) is 38.0 Å². The minimum Gasteiger partial charge on any atom is -0.364 e. The van der Waals surface area contributed by atoms with E-state index in [0.29, 0.717) is 18.2 Å². The highest BCUT2D eigenvalue weighted by molar-refractivity contribution is 5.93. The number of amides is 1. The van der Waals surface area contributed by atoms with Gasteiger partial charge in [0.05, 0.1) is 12.2 Å². The molecular weight excluding hydrogens is 352 g/mol. The standard InChI is InChI=1S/C21H28N6O/c1-3-14(15-5-6-15)11-27-12-17(25-20(27)4-2)10-22-18-9-19(24-13-23-18)26-21(28)16-7-8-16/h9,11-13,15-16H,3-8,10H2,1-2H3,(H2,22,23,24,26,28)/b14-11+. The molecule has 2 aromatic heterocycles. The molecule has 0 unspecified atom stereocenters. The number of aryl methyl sites for hydroxylation is 1. The van der Waals surface area contributed by atoms with E-state index in [1.54, 1.807) is 6.07 Å². The fraction of sp³-hybridized carbons (Fsp3) is 0.524. The van der Waals surface area contributed by atoms with E-state index in [2.05, 4.69) is 51.4 Å². The molecule has 148 valence electrons. The highest BCUT2D eigenvalue weighted by Gasteiger charge is 2.29. The monoisotopic (exact) mass is 380 g/mol. The van der Waals surface area contributed by atoms with E-state index >= 15 is 0 Å². The number of imidazole rings is 1. The molecule has 2 fully saturated rings.